The van der Waals surface area contributed by atoms with Crippen LogP contribution in [-0.4, -0.2) is 12.6 Å². The smallest absolute Gasteiger partial charge is 0.123 e. The standard InChI is InChI=1S/C16H25NO/c1-11-8-12(2)13(3)16(9-11)18-15-7-5-4-6-14(15)10-17/h8-9,14-15H,4-7,10,17H2,1-3H3. The Balaban J connectivity index is 2.17. The first-order valence-corrected chi connectivity index (χ1v) is 7.06. The van der Waals surface area contributed by atoms with Crippen LogP contribution in [0.25, 0.3) is 0 Å². The van der Waals surface area contributed by atoms with Gasteiger partial charge in [-0.3, -0.25) is 0 Å². The lowest BCUT2D eigenvalue weighted by Gasteiger charge is -2.31. The molecule has 18 heavy (non-hydrogen) atoms. The zero-order valence-corrected chi connectivity index (χ0v) is 11.8. The van der Waals surface area contributed by atoms with Gasteiger partial charge in [0.1, 0.15) is 11.9 Å². The molecule has 2 nitrogen and oxygen atoms in total. The number of hydrogen-bond acceptors (Lipinski definition) is 2. The van der Waals surface area contributed by atoms with E-state index in [1.54, 1.807) is 0 Å². The monoisotopic (exact) mass is 247 g/mol. The molecular weight excluding hydrogens is 222 g/mol. The van der Waals surface area contributed by atoms with Gasteiger partial charge in [0.15, 0.2) is 0 Å². The van der Waals surface area contributed by atoms with E-state index >= 15 is 0 Å². The van der Waals surface area contributed by atoms with Gasteiger partial charge in [0.25, 0.3) is 0 Å². The van der Waals surface area contributed by atoms with Crippen LogP contribution < -0.4 is 10.5 Å². The van der Waals surface area contributed by atoms with Crippen molar-refractivity contribution in [3.05, 3.63) is 28.8 Å². The maximum Gasteiger partial charge on any atom is 0.123 e. The molecule has 1 aliphatic carbocycles. The molecule has 100 valence electrons. The van der Waals surface area contributed by atoms with Crippen LogP contribution in [0, 0.1) is 26.7 Å². The summed E-state index contributed by atoms with van der Waals surface area (Å²) in [4.78, 5) is 0. The molecule has 0 heterocycles. The lowest BCUT2D eigenvalue weighted by atomic mass is 9.86. The predicted molar refractivity (Wildman–Crippen MR) is 76.1 cm³/mol. The zero-order chi connectivity index (χ0) is 13.1. The molecule has 0 aromatic heterocycles. The van der Waals surface area contributed by atoms with Crippen molar-refractivity contribution >= 4 is 0 Å². The first kappa shape index (κ1) is 13.4. The van der Waals surface area contributed by atoms with Crippen molar-refractivity contribution < 1.29 is 4.74 Å². The molecular formula is C16H25NO. The Labute approximate surface area is 111 Å². The molecule has 0 saturated heterocycles. The predicted octanol–water partition coefficient (Wildman–Crippen LogP) is 3.51. The van der Waals surface area contributed by atoms with E-state index in [0.717, 1.165) is 18.7 Å². The van der Waals surface area contributed by atoms with Gasteiger partial charge in [0, 0.05) is 5.92 Å². The van der Waals surface area contributed by atoms with E-state index in [0.29, 0.717) is 12.0 Å². The summed E-state index contributed by atoms with van der Waals surface area (Å²) >= 11 is 0. The van der Waals surface area contributed by atoms with Crippen LogP contribution in [0.3, 0.4) is 0 Å². The molecule has 0 bridgehead atoms. The van der Waals surface area contributed by atoms with Crippen molar-refractivity contribution in [3.63, 3.8) is 0 Å². The summed E-state index contributed by atoms with van der Waals surface area (Å²) in [5.74, 6) is 1.58. The highest BCUT2D eigenvalue weighted by Gasteiger charge is 2.26. The van der Waals surface area contributed by atoms with Crippen LogP contribution in [0.1, 0.15) is 42.4 Å². The van der Waals surface area contributed by atoms with Gasteiger partial charge in [0.2, 0.25) is 0 Å². The number of ether oxygens (including phenoxy) is 1. The molecule has 1 aromatic carbocycles. The lowest BCUT2D eigenvalue weighted by molar-refractivity contribution is 0.0962. The summed E-state index contributed by atoms with van der Waals surface area (Å²) < 4.78 is 6.27. The fourth-order valence-corrected chi connectivity index (χ4v) is 2.88. The molecule has 0 radical (unpaired) electrons. The fraction of sp³-hybridized carbons (Fsp3) is 0.625. The summed E-state index contributed by atoms with van der Waals surface area (Å²) in [5, 5.41) is 0. The third kappa shape index (κ3) is 2.86. The highest BCUT2D eigenvalue weighted by Crippen LogP contribution is 2.31. The molecule has 1 aromatic rings. The average Bonchev–Trinajstić information content (AvgIpc) is 2.36. The SMILES string of the molecule is Cc1cc(C)c(C)c(OC2CCCCC2CN)c1. The van der Waals surface area contributed by atoms with Gasteiger partial charge in [0.05, 0.1) is 0 Å². The molecule has 2 heteroatoms. The molecule has 2 unspecified atom stereocenters. The fourth-order valence-electron chi connectivity index (χ4n) is 2.88. The molecule has 1 aliphatic rings. The van der Waals surface area contributed by atoms with Crippen LogP contribution in [0.5, 0.6) is 5.75 Å². The number of benzene rings is 1. The summed E-state index contributed by atoms with van der Waals surface area (Å²) in [5.41, 5.74) is 9.71. The van der Waals surface area contributed by atoms with Crippen LogP contribution >= 0.6 is 0 Å². The Hall–Kier alpha value is -1.02. The first-order valence-electron chi connectivity index (χ1n) is 7.06. The van der Waals surface area contributed by atoms with Gasteiger partial charge < -0.3 is 10.5 Å². The van der Waals surface area contributed by atoms with E-state index in [-0.39, 0.29) is 0 Å². The minimum atomic E-state index is 0.309. The van der Waals surface area contributed by atoms with Crippen LogP contribution in [-0.2, 0) is 0 Å². The topological polar surface area (TPSA) is 35.2 Å². The number of aryl methyl sites for hydroxylation is 2. The zero-order valence-electron chi connectivity index (χ0n) is 11.8. The van der Waals surface area contributed by atoms with E-state index in [1.165, 1.54) is 36.0 Å². The van der Waals surface area contributed by atoms with Gasteiger partial charge in [-0.15, -0.1) is 0 Å². The van der Waals surface area contributed by atoms with Crippen molar-refractivity contribution in [2.24, 2.45) is 11.7 Å². The average molecular weight is 247 g/mol. The number of nitrogens with two attached hydrogens (primary N) is 1. The van der Waals surface area contributed by atoms with Gasteiger partial charge in [-0.25, -0.2) is 0 Å². The molecule has 2 atom stereocenters. The minimum absolute atomic E-state index is 0.309. The van der Waals surface area contributed by atoms with E-state index < -0.39 is 0 Å². The van der Waals surface area contributed by atoms with E-state index in [9.17, 15) is 0 Å². The Kier molecular flexibility index (Phi) is 4.28. The van der Waals surface area contributed by atoms with Gasteiger partial charge in [-0.2, -0.15) is 0 Å². The van der Waals surface area contributed by atoms with Crippen molar-refractivity contribution in [1.82, 2.24) is 0 Å². The van der Waals surface area contributed by atoms with Gasteiger partial charge >= 0.3 is 0 Å². The summed E-state index contributed by atoms with van der Waals surface area (Å²) in [6, 6.07) is 4.37. The molecule has 2 rings (SSSR count). The maximum absolute atomic E-state index is 6.27. The van der Waals surface area contributed by atoms with E-state index in [2.05, 4.69) is 32.9 Å². The van der Waals surface area contributed by atoms with Crippen molar-refractivity contribution in [2.45, 2.75) is 52.6 Å². The minimum Gasteiger partial charge on any atom is -0.490 e. The molecule has 0 spiro atoms. The van der Waals surface area contributed by atoms with E-state index in [1.807, 2.05) is 0 Å². The Bertz CT molecular complexity index is 414. The highest BCUT2D eigenvalue weighted by molar-refractivity contribution is 5.42. The first-order chi connectivity index (χ1) is 8.61. The Morgan fingerprint density at radius 3 is 2.61 bits per heavy atom. The second kappa shape index (κ2) is 5.75. The lowest BCUT2D eigenvalue weighted by Crippen LogP contribution is -2.35. The maximum atomic E-state index is 6.27. The van der Waals surface area contributed by atoms with Crippen LogP contribution in [0.15, 0.2) is 12.1 Å². The van der Waals surface area contributed by atoms with Crippen LogP contribution in [0.4, 0.5) is 0 Å². The Morgan fingerprint density at radius 2 is 1.89 bits per heavy atom. The highest BCUT2D eigenvalue weighted by atomic mass is 16.5. The van der Waals surface area contributed by atoms with E-state index in [4.69, 9.17) is 10.5 Å². The second-order valence-corrected chi connectivity index (χ2v) is 5.64. The number of rotatable bonds is 3. The second-order valence-electron chi connectivity index (χ2n) is 5.64. The Morgan fingerprint density at radius 1 is 1.17 bits per heavy atom. The normalized spacial score (nSPS) is 24.0. The molecule has 0 amide bonds. The van der Waals surface area contributed by atoms with Gasteiger partial charge in [-0.1, -0.05) is 12.5 Å². The van der Waals surface area contributed by atoms with Crippen molar-refractivity contribution in [3.8, 4) is 5.75 Å². The third-order valence-corrected chi connectivity index (χ3v) is 4.18. The van der Waals surface area contributed by atoms with Crippen molar-refractivity contribution in [1.29, 1.82) is 0 Å². The largest absolute Gasteiger partial charge is 0.490 e. The molecule has 1 saturated carbocycles. The van der Waals surface area contributed by atoms with Crippen LogP contribution in [0.2, 0.25) is 0 Å². The summed E-state index contributed by atoms with van der Waals surface area (Å²) in [6.45, 7) is 7.16. The quantitative estimate of drug-likeness (QED) is 0.887. The molecule has 2 N–H and O–H groups in total. The third-order valence-electron chi connectivity index (χ3n) is 4.18. The summed E-state index contributed by atoms with van der Waals surface area (Å²) in [7, 11) is 0. The summed E-state index contributed by atoms with van der Waals surface area (Å²) in [6.07, 6.45) is 5.24. The molecule has 1 fully saturated rings. The number of hydrogen-bond donors (Lipinski definition) is 1. The van der Waals surface area contributed by atoms with Crippen molar-refractivity contribution in [2.75, 3.05) is 6.54 Å². The molecule has 0 aliphatic heterocycles. The van der Waals surface area contributed by atoms with Gasteiger partial charge in [-0.05, 0) is 69.3 Å².